The maximum absolute atomic E-state index is 10.9. The van der Waals surface area contributed by atoms with Crippen LogP contribution in [0.1, 0.15) is 23.5 Å². The van der Waals surface area contributed by atoms with Gasteiger partial charge in [-0.15, -0.1) is 23.7 Å². The van der Waals surface area contributed by atoms with Crippen LogP contribution in [0.4, 0.5) is 5.69 Å². The van der Waals surface area contributed by atoms with E-state index in [1.54, 1.807) is 19.1 Å². The summed E-state index contributed by atoms with van der Waals surface area (Å²) in [7, 11) is 0. The smallest absolute Gasteiger partial charge is 0.272 e. The summed E-state index contributed by atoms with van der Waals surface area (Å²) in [6.07, 6.45) is 0. The molecule has 0 amide bonds. The van der Waals surface area contributed by atoms with Crippen molar-refractivity contribution in [2.45, 2.75) is 19.9 Å². The number of rotatable bonds is 3. The molecule has 0 aliphatic heterocycles. The maximum Gasteiger partial charge on any atom is 0.272 e. The quantitative estimate of drug-likeness (QED) is 0.695. The molecule has 0 aliphatic carbocycles. The molecule has 19 heavy (non-hydrogen) atoms. The van der Waals surface area contributed by atoms with Gasteiger partial charge in [-0.1, -0.05) is 12.1 Å². The van der Waals surface area contributed by atoms with E-state index in [0.717, 1.165) is 16.3 Å². The summed E-state index contributed by atoms with van der Waals surface area (Å²) in [6.45, 7) is 3.58. The van der Waals surface area contributed by atoms with Crippen LogP contribution in [0, 0.1) is 17.0 Å². The van der Waals surface area contributed by atoms with E-state index in [1.807, 2.05) is 18.4 Å². The molecule has 0 aliphatic rings. The van der Waals surface area contributed by atoms with Crippen LogP contribution in [-0.2, 0) is 0 Å². The Hall–Kier alpha value is -1.50. The number of hydrogen-bond acceptors (Lipinski definition) is 5. The summed E-state index contributed by atoms with van der Waals surface area (Å²) in [5, 5.41) is 13.6. The number of aryl methyl sites for hydroxylation is 1. The molecular weight excluding hydrogens is 286 g/mol. The van der Waals surface area contributed by atoms with Crippen LogP contribution in [0.3, 0.4) is 0 Å². The second-order valence-corrected chi connectivity index (χ2v) is 5.01. The first-order chi connectivity index (χ1) is 8.49. The second-order valence-electron chi connectivity index (χ2n) is 4.12. The topological polar surface area (TPSA) is 82.0 Å². The van der Waals surface area contributed by atoms with Crippen molar-refractivity contribution in [3.8, 4) is 11.3 Å². The maximum atomic E-state index is 10.9. The van der Waals surface area contributed by atoms with Crippen molar-refractivity contribution in [1.82, 2.24) is 4.98 Å². The predicted octanol–water partition coefficient (Wildman–Crippen LogP) is 3.47. The number of thiazole rings is 1. The van der Waals surface area contributed by atoms with Gasteiger partial charge in [0.25, 0.3) is 5.69 Å². The molecule has 1 unspecified atom stereocenters. The van der Waals surface area contributed by atoms with Crippen LogP contribution in [0.2, 0.25) is 0 Å². The predicted molar refractivity (Wildman–Crippen MR) is 78.8 cm³/mol. The van der Waals surface area contributed by atoms with E-state index in [0.29, 0.717) is 5.56 Å². The Morgan fingerprint density at radius 2 is 2.16 bits per heavy atom. The number of hydrogen-bond donors (Lipinski definition) is 1. The lowest BCUT2D eigenvalue weighted by Crippen LogP contribution is -2.03. The van der Waals surface area contributed by atoms with Crippen LogP contribution in [0.25, 0.3) is 11.3 Å². The first-order valence-electron chi connectivity index (χ1n) is 5.45. The Morgan fingerprint density at radius 1 is 1.47 bits per heavy atom. The highest BCUT2D eigenvalue weighted by Crippen LogP contribution is 2.28. The molecular formula is C12H14ClN3O2S. The number of nitro groups is 1. The van der Waals surface area contributed by atoms with Crippen LogP contribution < -0.4 is 5.73 Å². The van der Waals surface area contributed by atoms with Gasteiger partial charge in [0.05, 0.1) is 16.7 Å². The molecule has 7 heteroatoms. The molecule has 0 spiro atoms. The van der Waals surface area contributed by atoms with E-state index >= 15 is 0 Å². The normalized spacial score (nSPS) is 11.7. The van der Waals surface area contributed by atoms with Gasteiger partial charge in [-0.2, -0.15) is 0 Å². The van der Waals surface area contributed by atoms with E-state index < -0.39 is 0 Å². The van der Waals surface area contributed by atoms with Crippen LogP contribution in [-0.4, -0.2) is 9.91 Å². The fraction of sp³-hybridized carbons (Fsp3) is 0.250. The zero-order valence-corrected chi connectivity index (χ0v) is 12.1. The van der Waals surface area contributed by atoms with Gasteiger partial charge in [-0.05, 0) is 13.8 Å². The van der Waals surface area contributed by atoms with E-state index in [-0.39, 0.29) is 29.1 Å². The minimum atomic E-state index is -0.377. The average Bonchev–Trinajstić information content (AvgIpc) is 2.78. The number of benzene rings is 1. The lowest BCUT2D eigenvalue weighted by Gasteiger charge is -2.01. The lowest BCUT2D eigenvalue weighted by atomic mass is 10.1. The Balaban J connectivity index is 0.00000180. The fourth-order valence-corrected chi connectivity index (χ4v) is 2.38. The van der Waals surface area contributed by atoms with E-state index in [4.69, 9.17) is 5.73 Å². The summed E-state index contributed by atoms with van der Waals surface area (Å²) < 4.78 is 0. The first-order valence-corrected chi connectivity index (χ1v) is 6.33. The molecule has 0 saturated heterocycles. The highest BCUT2D eigenvalue weighted by molar-refractivity contribution is 7.10. The third-order valence-electron chi connectivity index (χ3n) is 2.61. The van der Waals surface area contributed by atoms with Gasteiger partial charge in [0, 0.05) is 22.6 Å². The van der Waals surface area contributed by atoms with E-state index in [2.05, 4.69) is 4.98 Å². The van der Waals surface area contributed by atoms with Crippen molar-refractivity contribution in [3.05, 3.63) is 44.3 Å². The number of aromatic nitrogens is 1. The van der Waals surface area contributed by atoms with Gasteiger partial charge in [0.2, 0.25) is 0 Å². The van der Waals surface area contributed by atoms with Crippen molar-refractivity contribution in [2.24, 2.45) is 5.73 Å². The zero-order chi connectivity index (χ0) is 13.3. The van der Waals surface area contributed by atoms with Gasteiger partial charge in [0.15, 0.2) is 0 Å². The number of nitrogens with two attached hydrogens (primary N) is 1. The molecule has 0 fully saturated rings. The molecule has 2 rings (SSSR count). The fourth-order valence-electron chi connectivity index (χ4n) is 1.59. The standard InChI is InChI=1S/C12H13N3O2S.ClH/c1-7-3-4-9(5-11(7)15(16)17)10-6-18-12(14-10)8(2)13;/h3-6,8H,13H2,1-2H3;1H. The molecule has 2 N–H and O–H groups in total. The molecule has 0 bridgehead atoms. The Morgan fingerprint density at radius 3 is 2.68 bits per heavy atom. The number of halogens is 1. The van der Waals surface area contributed by atoms with Crippen molar-refractivity contribution in [2.75, 3.05) is 0 Å². The van der Waals surface area contributed by atoms with Crippen LogP contribution in [0.5, 0.6) is 0 Å². The summed E-state index contributed by atoms with van der Waals surface area (Å²) in [6, 6.07) is 5.00. The molecule has 0 radical (unpaired) electrons. The molecule has 2 aromatic rings. The van der Waals surface area contributed by atoms with E-state index in [9.17, 15) is 10.1 Å². The molecule has 1 atom stereocenters. The Kier molecular flexibility index (Phi) is 4.99. The summed E-state index contributed by atoms with van der Waals surface area (Å²) >= 11 is 1.46. The van der Waals surface area contributed by atoms with E-state index in [1.165, 1.54) is 11.3 Å². The summed E-state index contributed by atoms with van der Waals surface area (Å²) in [5.74, 6) is 0. The number of nitrogens with zero attached hydrogens (tertiary/aromatic N) is 2. The minimum Gasteiger partial charge on any atom is -0.322 e. The monoisotopic (exact) mass is 299 g/mol. The number of nitro benzene ring substituents is 1. The van der Waals surface area contributed by atoms with Crippen molar-refractivity contribution in [1.29, 1.82) is 0 Å². The molecule has 0 saturated carbocycles. The lowest BCUT2D eigenvalue weighted by molar-refractivity contribution is -0.385. The van der Waals surface area contributed by atoms with Crippen LogP contribution >= 0.6 is 23.7 Å². The third-order valence-corrected chi connectivity index (χ3v) is 3.66. The first kappa shape index (κ1) is 15.6. The third kappa shape index (κ3) is 3.28. The van der Waals surface area contributed by atoms with Crippen LogP contribution in [0.15, 0.2) is 23.6 Å². The van der Waals surface area contributed by atoms with Gasteiger partial charge < -0.3 is 5.73 Å². The Labute approximate surface area is 121 Å². The van der Waals surface area contributed by atoms with Crippen molar-refractivity contribution in [3.63, 3.8) is 0 Å². The van der Waals surface area contributed by atoms with Gasteiger partial charge in [-0.25, -0.2) is 4.98 Å². The zero-order valence-electron chi connectivity index (χ0n) is 10.5. The highest BCUT2D eigenvalue weighted by Gasteiger charge is 2.14. The molecule has 1 aromatic heterocycles. The SMILES string of the molecule is Cc1ccc(-c2csc(C(C)N)n2)cc1[N+](=O)[O-].Cl. The Bertz CT molecular complexity index is 598. The average molecular weight is 300 g/mol. The largest absolute Gasteiger partial charge is 0.322 e. The summed E-state index contributed by atoms with van der Waals surface area (Å²) in [4.78, 5) is 14.9. The molecule has 1 aromatic carbocycles. The van der Waals surface area contributed by atoms with Crippen molar-refractivity contribution < 1.29 is 4.92 Å². The minimum absolute atomic E-state index is 0. The molecule has 102 valence electrons. The second kappa shape index (κ2) is 6.10. The molecule has 5 nitrogen and oxygen atoms in total. The highest BCUT2D eigenvalue weighted by atomic mass is 35.5. The molecule has 1 heterocycles. The summed E-state index contributed by atoms with van der Waals surface area (Å²) in [5.41, 5.74) is 7.98. The van der Waals surface area contributed by atoms with Gasteiger partial charge >= 0.3 is 0 Å². The van der Waals surface area contributed by atoms with Gasteiger partial charge in [0.1, 0.15) is 5.01 Å². The van der Waals surface area contributed by atoms with Crippen molar-refractivity contribution >= 4 is 29.4 Å². The van der Waals surface area contributed by atoms with Gasteiger partial charge in [-0.3, -0.25) is 10.1 Å².